The van der Waals surface area contributed by atoms with E-state index in [1.54, 1.807) is 18.2 Å². The topological polar surface area (TPSA) is 29.5 Å². The summed E-state index contributed by atoms with van der Waals surface area (Å²) in [6.07, 6.45) is 0.753. The second kappa shape index (κ2) is 5.07. The van der Waals surface area contributed by atoms with Gasteiger partial charge in [-0.1, -0.05) is 11.6 Å². The second-order valence-electron chi connectivity index (χ2n) is 4.60. The molecule has 1 heterocycles. The van der Waals surface area contributed by atoms with Gasteiger partial charge < -0.3 is 9.64 Å². The molecular formula is C13H16ClNO2. The van der Waals surface area contributed by atoms with E-state index in [0.717, 1.165) is 13.0 Å². The summed E-state index contributed by atoms with van der Waals surface area (Å²) in [6.45, 7) is 1.33. The first-order chi connectivity index (χ1) is 8.08. The minimum Gasteiger partial charge on any atom is -0.493 e. The molecule has 1 aliphatic rings. The first-order valence-corrected chi connectivity index (χ1v) is 6.07. The number of hydrogen-bond donors (Lipinski definition) is 0. The fraction of sp³-hybridized carbons (Fsp3) is 0.462. The van der Waals surface area contributed by atoms with Gasteiger partial charge >= 0.3 is 0 Å². The van der Waals surface area contributed by atoms with Gasteiger partial charge in [0.05, 0.1) is 12.2 Å². The number of nitrogens with zero attached hydrogens (tertiary/aromatic N) is 1. The number of carbonyl (C=O) groups excluding carboxylic acids is 1. The molecule has 0 aromatic heterocycles. The lowest BCUT2D eigenvalue weighted by atomic mass is 9.95. The maximum absolute atomic E-state index is 12.4. The summed E-state index contributed by atoms with van der Waals surface area (Å²) in [4.78, 5) is 14.4. The molecule has 3 nitrogen and oxygen atoms in total. The highest BCUT2D eigenvalue weighted by Gasteiger charge is 2.26. The van der Waals surface area contributed by atoms with Crippen molar-refractivity contribution in [1.29, 1.82) is 0 Å². The summed E-state index contributed by atoms with van der Waals surface area (Å²) in [5.41, 5.74) is 0.613. The lowest BCUT2D eigenvalue weighted by Crippen LogP contribution is -2.27. The molecule has 0 fully saturated rings. The first-order valence-electron chi connectivity index (χ1n) is 5.69. The Balaban J connectivity index is 2.31. The van der Waals surface area contributed by atoms with Crippen LogP contribution in [0.2, 0.25) is 5.02 Å². The second-order valence-corrected chi connectivity index (χ2v) is 5.04. The molecule has 4 heteroatoms. The molecule has 0 bridgehead atoms. The molecule has 1 unspecified atom stereocenters. The van der Waals surface area contributed by atoms with Gasteiger partial charge in [-0.15, -0.1) is 0 Å². The van der Waals surface area contributed by atoms with Crippen molar-refractivity contribution in [3.8, 4) is 5.75 Å². The summed E-state index contributed by atoms with van der Waals surface area (Å²) in [6, 6.07) is 5.22. The zero-order chi connectivity index (χ0) is 12.4. The van der Waals surface area contributed by atoms with Crippen LogP contribution >= 0.6 is 11.6 Å². The van der Waals surface area contributed by atoms with Crippen LogP contribution in [0.15, 0.2) is 18.2 Å². The van der Waals surface area contributed by atoms with Crippen molar-refractivity contribution in [2.75, 3.05) is 27.2 Å². The third kappa shape index (κ3) is 2.79. The van der Waals surface area contributed by atoms with E-state index in [1.807, 2.05) is 19.0 Å². The Morgan fingerprint density at radius 3 is 2.94 bits per heavy atom. The molecule has 1 aromatic rings. The predicted molar refractivity (Wildman–Crippen MR) is 67.9 cm³/mol. The minimum absolute atomic E-state index is 0.00952. The number of ketones is 1. The summed E-state index contributed by atoms with van der Waals surface area (Å²) >= 11 is 5.93. The van der Waals surface area contributed by atoms with Crippen LogP contribution in [-0.4, -0.2) is 37.9 Å². The predicted octanol–water partition coefficient (Wildman–Crippen LogP) is 2.48. The Kier molecular flexibility index (Phi) is 3.69. The molecule has 0 saturated heterocycles. The molecule has 1 atom stereocenters. The largest absolute Gasteiger partial charge is 0.493 e. The Morgan fingerprint density at radius 1 is 1.47 bits per heavy atom. The quantitative estimate of drug-likeness (QED) is 0.811. The molecule has 0 radical (unpaired) electrons. The van der Waals surface area contributed by atoms with E-state index in [-0.39, 0.29) is 11.7 Å². The number of halogens is 1. The zero-order valence-electron chi connectivity index (χ0n) is 10.1. The number of hydrogen-bond acceptors (Lipinski definition) is 3. The molecule has 0 amide bonds. The Labute approximate surface area is 106 Å². The van der Waals surface area contributed by atoms with E-state index < -0.39 is 0 Å². The molecule has 1 aromatic carbocycles. The van der Waals surface area contributed by atoms with Gasteiger partial charge in [-0.25, -0.2) is 0 Å². The molecule has 0 spiro atoms. The molecule has 0 N–H and O–H groups in total. The van der Waals surface area contributed by atoms with Crippen LogP contribution in [0.5, 0.6) is 5.75 Å². The van der Waals surface area contributed by atoms with Crippen LogP contribution in [0.1, 0.15) is 16.8 Å². The van der Waals surface area contributed by atoms with Crippen LogP contribution in [0.3, 0.4) is 0 Å². The normalized spacial score (nSPS) is 19.8. The highest BCUT2D eigenvalue weighted by Crippen LogP contribution is 2.29. The van der Waals surface area contributed by atoms with Gasteiger partial charge in [0.2, 0.25) is 0 Å². The molecule has 2 rings (SSSR count). The Morgan fingerprint density at radius 2 is 2.24 bits per heavy atom. The van der Waals surface area contributed by atoms with Crippen molar-refractivity contribution in [2.24, 2.45) is 5.92 Å². The molecular weight excluding hydrogens is 238 g/mol. The summed E-state index contributed by atoms with van der Waals surface area (Å²) in [5, 5.41) is 0.575. The van der Waals surface area contributed by atoms with Gasteiger partial charge in [-0.05, 0) is 38.7 Å². The number of benzene rings is 1. The maximum Gasteiger partial charge on any atom is 0.171 e. The third-order valence-electron chi connectivity index (χ3n) is 2.89. The maximum atomic E-state index is 12.4. The average molecular weight is 254 g/mol. The van der Waals surface area contributed by atoms with Gasteiger partial charge in [0, 0.05) is 17.5 Å². The van der Waals surface area contributed by atoms with Gasteiger partial charge in [0.1, 0.15) is 5.75 Å². The van der Waals surface area contributed by atoms with Gasteiger partial charge in [0.25, 0.3) is 0 Å². The van der Waals surface area contributed by atoms with Gasteiger partial charge in [-0.2, -0.15) is 0 Å². The summed E-state index contributed by atoms with van der Waals surface area (Å²) < 4.78 is 5.59. The lowest BCUT2D eigenvalue weighted by molar-refractivity contribution is 0.0891. The molecule has 0 aliphatic carbocycles. The van der Waals surface area contributed by atoms with Crippen LogP contribution < -0.4 is 4.74 Å². The standard InChI is InChI=1S/C13H16ClNO2/c1-15(2)8-9-5-6-17-12-4-3-10(14)7-11(12)13(9)16/h3-4,7,9H,5-6,8H2,1-2H3. The Hall–Kier alpha value is -1.06. The van der Waals surface area contributed by atoms with Crippen LogP contribution in [-0.2, 0) is 0 Å². The molecule has 1 aliphatic heterocycles. The average Bonchev–Trinajstić information content (AvgIpc) is 2.40. The van der Waals surface area contributed by atoms with Crippen molar-refractivity contribution < 1.29 is 9.53 Å². The fourth-order valence-corrected chi connectivity index (χ4v) is 2.27. The fourth-order valence-electron chi connectivity index (χ4n) is 2.10. The van der Waals surface area contributed by atoms with Crippen LogP contribution in [0.25, 0.3) is 0 Å². The van der Waals surface area contributed by atoms with Crippen molar-refractivity contribution in [3.63, 3.8) is 0 Å². The molecule has 0 saturated carbocycles. The van der Waals surface area contributed by atoms with E-state index in [4.69, 9.17) is 16.3 Å². The van der Waals surface area contributed by atoms with E-state index in [0.29, 0.717) is 22.9 Å². The van der Waals surface area contributed by atoms with E-state index in [2.05, 4.69) is 0 Å². The van der Waals surface area contributed by atoms with Crippen molar-refractivity contribution >= 4 is 17.4 Å². The van der Waals surface area contributed by atoms with E-state index in [9.17, 15) is 4.79 Å². The third-order valence-corrected chi connectivity index (χ3v) is 3.12. The first kappa shape index (κ1) is 12.4. The number of carbonyl (C=O) groups is 1. The molecule has 92 valence electrons. The number of ether oxygens (including phenoxy) is 1. The smallest absolute Gasteiger partial charge is 0.171 e. The van der Waals surface area contributed by atoms with E-state index >= 15 is 0 Å². The number of Topliss-reactive ketones (excluding diaryl/α,β-unsaturated/α-hetero) is 1. The van der Waals surface area contributed by atoms with Gasteiger partial charge in [-0.3, -0.25) is 4.79 Å². The van der Waals surface area contributed by atoms with Crippen molar-refractivity contribution in [3.05, 3.63) is 28.8 Å². The Bertz CT molecular complexity index is 431. The summed E-state index contributed by atoms with van der Waals surface area (Å²) in [7, 11) is 3.94. The van der Waals surface area contributed by atoms with Crippen molar-refractivity contribution in [1.82, 2.24) is 4.90 Å². The molecule has 17 heavy (non-hydrogen) atoms. The lowest BCUT2D eigenvalue weighted by Gasteiger charge is -2.17. The van der Waals surface area contributed by atoms with E-state index in [1.165, 1.54) is 0 Å². The van der Waals surface area contributed by atoms with Crippen LogP contribution in [0, 0.1) is 5.92 Å². The van der Waals surface area contributed by atoms with Crippen molar-refractivity contribution in [2.45, 2.75) is 6.42 Å². The minimum atomic E-state index is -0.00952. The highest BCUT2D eigenvalue weighted by molar-refractivity contribution is 6.31. The van der Waals surface area contributed by atoms with Crippen LogP contribution in [0.4, 0.5) is 0 Å². The number of fused-ring (bicyclic) bond motifs is 1. The zero-order valence-corrected chi connectivity index (χ0v) is 10.8. The van der Waals surface area contributed by atoms with Gasteiger partial charge in [0.15, 0.2) is 5.78 Å². The number of rotatable bonds is 2. The summed E-state index contributed by atoms with van der Waals surface area (Å²) in [5.74, 6) is 0.777. The SMILES string of the molecule is CN(C)CC1CCOc2ccc(Cl)cc2C1=O. The highest BCUT2D eigenvalue weighted by atomic mass is 35.5. The monoisotopic (exact) mass is 253 g/mol.